The van der Waals surface area contributed by atoms with Crippen LogP contribution in [-0.4, -0.2) is 48.2 Å². The Hall–Kier alpha value is -4.05. The second-order valence-corrected chi connectivity index (χ2v) is 8.84. The third kappa shape index (κ3) is 5.46. The number of methoxy groups -OCH3 is 3. The van der Waals surface area contributed by atoms with E-state index < -0.39 is 28.4 Å². The minimum absolute atomic E-state index is 0.0168. The summed E-state index contributed by atoms with van der Waals surface area (Å²) >= 11 is 0. The standard InChI is InChI=1S/C24H24N2O7S/c1-31-19-13-14-21(22(15-19)32-2)26(34(29,30)20-7-5-4-6-8-20)16-23(27)25-18-11-9-17(10-12-18)24(28)33-3/h4-15H,16H2,1-3H3,(H,25,27). The van der Waals surface area contributed by atoms with Gasteiger partial charge in [0.25, 0.3) is 10.0 Å². The molecule has 1 N–H and O–H groups in total. The van der Waals surface area contributed by atoms with Crippen LogP contribution in [0.1, 0.15) is 10.4 Å². The molecule has 9 nitrogen and oxygen atoms in total. The number of carbonyl (C=O) groups is 2. The van der Waals surface area contributed by atoms with Gasteiger partial charge in [0.1, 0.15) is 18.0 Å². The van der Waals surface area contributed by atoms with Gasteiger partial charge in [0, 0.05) is 11.8 Å². The van der Waals surface area contributed by atoms with Gasteiger partial charge in [0.2, 0.25) is 5.91 Å². The van der Waals surface area contributed by atoms with Gasteiger partial charge in [-0.3, -0.25) is 9.10 Å². The van der Waals surface area contributed by atoms with Gasteiger partial charge in [-0.2, -0.15) is 0 Å². The van der Waals surface area contributed by atoms with Crippen LogP contribution in [0.25, 0.3) is 0 Å². The molecule has 3 aromatic carbocycles. The van der Waals surface area contributed by atoms with Crippen molar-refractivity contribution in [2.24, 2.45) is 0 Å². The molecule has 0 bridgehead atoms. The predicted octanol–water partition coefficient (Wildman–Crippen LogP) is 3.32. The number of anilines is 2. The van der Waals surface area contributed by atoms with E-state index in [4.69, 9.17) is 9.47 Å². The van der Waals surface area contributed by atoms with Crippen molar-refractivity contribution in [3.05, 3.63) is 78.4 Å². The summed E-state index contributed by atoms with van der Waals surface area (Å²) in [5, 5.41) is 2.65. The number of hydrogen-bond acceptors (Lipinski definition) is 7. The maximum atomic E-state index is 13.5. The number of esters is 1. The number of hydrogen-bond donors (Lipinski definition) is 1. The zero-order valence-corrected chi connectivity index (χ0v) is 19.7. The molecule has 3 aromatic rings. The summed E-state index contributed by atoms with van der Waals surface area (Å²) in [5.41, 5.74) is 0.872. The smallest absolute Gasteiger partial charge is 0.337 e. The van der Waals surface area contributed by atoms with Crippen LogP contribution in [0.15, 0.2) is 77.7 Å². The molecule has 0 spiro atoms. The van der Waals surface area contributed by atoms with Gasteiger partial charge in [-0.25, -0.2) is 13.2 Å². The van der Waals surface area contributed by atoms with Gasteiger partial charge in [-0.15, -0.1) is 0 Å². The molecule has 1 amide bonds. The lowest BCUT2D eigenvalue weighted by Gasteiger charge is -2.26. The van der Waals surface area contributed by atoms with Crippen LogP contribution in [-0.2, 0) is 19.6 Å². The van der Waals surface area contributed by atoms with Crippen LogP contribution in [0, 0.1) is 0 Å². The lowest BCUT2D eigenvalue weighted by Crippen LogP contribution is -2.38. The fraction of sp³-hybridized carbons (Fsp3) is 0.167. The first kappa shape index (κ1) is 24.6. The second-order valence-electron chi connectivity index (χ2n) is 6.98. The molecule has 3 rings (SSSR count). The Kier molecular flexibility index (Phi) is 7.75. The van der Waals surface area contributed by atoms with Crippen molar-refractivity contribution in [2.75, 3.05) is 37.5 Å². The molecule has 10 heteroatoms. The minimum atomic E-state index is -4.12. The zero-order valence-electron chi connectivity index (χ0n) is 18.8. The lowest BCUT2D eigenvalue weighted by atomic mass is 10.2. The summed E-state index contributed by atoms with van der Waals surface area (Å²) in [6.07, 6.45) is 0. The number of carbonyl (C=O) groups excluding carboxylic acids is 2. The minimum Gasteiger partial charge on any atom is -0.497 e. The van der Waals surface area contributed by atoms with E-state index >= 15 is 0 Å². The van der Waals surface area contributed by atoms with E-state index in [9.17, 15) is 18.0 Å². The Bertz CT molecular complexity index is 1260. The first-order valence-electron chi connectivity index (χ1n) is 10.1. The highest BCUT2D eigenvalue weighted by Gasteiger charge is 2.29. The van der Waals surface area contributed by atoms with Crippen molar-refractivity contribution >= 4 is 33.3 Å². The molecule has 34 heavy (non-hydrogen) atoms. The van der Waals surface area contributed by atoms with Crippen molar-refractivity contribution in [3.63, 3.8) is 0 Å². The van der Waals surface area contributed by atoms with Crippen LogP contribution < -0.4 is 19.1 Å². The van der Waals surface area contributed by atoms with Crippen molar-refractivity contribution in [1.29, 1.82) is 0 Å². The van der Waals surface area contributed by atoms with Gasteiger partial charge in [0.05, 0.1) is 37.5 Å². The Balaban J connectivity index is 1.95. The predicted molar refractivity (Wildman–Crippen MR) is 127 cm³/mol. The molecular formula is C24H24N2O7S. The molecule has 0 saturated heterocycles. The van der Waals surface area contributed by atoms with E-state index in [1.807, 2.05) is 0 Å². The molecule has 0 aliphatic heterocycles. The fourth-order valence-electron chi connectivity index (χ4n) is 3.15. The van der Waals surface area contributed by atoms with Crippen molar-refractivity contribution in [2.45, 2.75) is 4.90 Å². The Morgan fingerprint density at radius 2 is 1.56 bits per heavy atom. The highest BCUT2D eigenvalue weighted by atomic mass is 32.2. The molecule has 0 unspecified atom stereocenters. The average molecular weight is 485 g/mol. The molecular weight excluding hydrogens is 460 g/mol. The summed E-state index contributed by atoms with van der Waals surface area (Å²) in [5.74, 6) is -0.422. The summed E-state index contributed by atoms with van der Waals surface area (Å²) in [6.45, 7) is -0.529. The number of ether oxygens (including phenoxy) is 3. The molecule has 0 fully saturated rings. The number of nitrogens with zero attached hydrogens (tertiary/aromatic N) is 1. The van der Waals surface area contributed by atoms with E-state index in [-0.39, 0.29) is 16.3 Å². The quantitative estimate of drug-likeness (QED) is 0.464. The van der Waals surface area contributed by atoms with E-state index in [0.717, 1.165) is 4.31 Å². The van der Waals surface area contributed by atoms with Crippen LogP contribution in [0.2, 0.25) is 0 Å². The number of benzene rings is 3. The summed E-state index contributed by atoms with van der Waals surface area (Å²) in [4.78, 5) is 24.5. The topological polar surface area (TPSA) is 111 Å². The molecule has 178 valence electrons. The highest BCUT2D eigenvalue weighted by Crippen LogP contribution is 2.35. The van der Waals surface area contributed by atoms with E-state index in [1.54, 1.807) is 24.3 Å². The Labute approximate surface area is 197 Å². The largest absolute Gasteiger partial charge is 0.497 e. The molecule has 0 radical (unpaired) electrons. The zero-order chi connectivity index (χ0) is 24.7. The summed E-state index contributed by atoms with van der Waals surface area (Å²) < 4.78 is 43.2. The molecule has 0 aliphatic carbocycles. The first-order valence-corrected chi connectivity index (χ1v) is 11.5. The van der Waals surface area contributed by atoms with Gasteiger partial charge < -0.3 is 19.5 Å². The molecule has 0 aliphatic rings. The molecule has 0 saturated carbocycles. The Morgan fingerprint density at radius 1 is 0.882 bits per heavy atom. The lowest BCUT2D eigenvalue weighted by molar-refractivity contribution is -0.114. The van der Waals surface area contributed by atoms with Crippen molar-refractivity contribution < 1.29 is 32.2 Å². The number of rotatable bonds is 9. The van der Waals surface area contributed by atoms with Gasteiger partial charge >= 0.3 is 5.97 Å². The third-order valence-electron chi connectivity index (χ3n) is 4.86. The normalized spacial score (nSPS) is 10.8. The molecule has 0 heterocycles. The number of amides is 1. The van der Waals surface area contributed by atoms with E-state index in [2.05, 4.69) is 10.1 Å². The molecule has 0 atom stereocenters. The summed E-state index contributed by atoms with van der Waals surface area (Å²) in [6, 6.07) is 18.4. The van der Waals surface area contributed by atoms with Gasteiger partial charge in [0.15, 0.2) is 0 Å². The number of sulfonamides is 1. The Morgan fingerprint density at radius 3 is 2.15 bits per heavy atom. The van der Waals surface area contributed by atoms with Crippen molar-refractivity contribution in [3.8, 4) is 11.5 Å². The fourth-order valence-corrected chi connectivity index (χ4v) is 4.60. The van der Waals surface area contributed by atoms with E-state index in [1.165, 1.54) is 69.9 Å². The van der Waals surface area contributed by atoms with Crippen LogP contribution in [0.3, 0.4) is 0 Å². The highest BCUT2D eigenvalue weighted by molar-refractivity contribution is 7.92. The van der Waals surface area contributed by atoms with Crippen molar-refractivity contribution in [1.82, 2.24) is 0 Å². The van der Waals surface area contributed by atoms with Crippen LogP contribution in [0.5, 0.6) is 11.5 Å². The average Bonchev–Trinajstić information content (AvgIpc) is 2.87. The maximum Gasteiger partial charge on any atom is 0.337 e. The maximum absolute atomic E-state index is 13.5. The summed E-state index contributed by atoms with van der Waals surface area (Å²) in [7, 11) is 0.0219. The molecule has 0 aromatic heterocycles. The number of nitrogens with one attached hydrogen (secondary N) is 1. The monoisotopic (exact) mass is 484 g/mol. The third-order valence-corrected chi connectivity index (χ3v) is 6.64. The SMILES string of the molecule is COC(=O)c1ccc(NC(=O)CN(c2ccc(OC)cc2OC)S(=O)(=O)c2ccccc2)cc1. The first-order chi connectivity index (χ1) is 16.3. The second kappa shape index (κ2) is 10.7. The van der Waals surface area contributed by atoms with Gasteiger partial charge in [-0.05, 0) is 48.5 Å². The van der Waals surface area contributed by atoms with Gasteiger partial charge in [-0.1, -0.05) is 18.2 Å². The van der Waals surface area contributed by atoms with Crippen LogP contribution >= 0.6 is 0 Å². The van der Waals surface area contributed by atoms with E-state index in [0.29, 0.717) is 17.0 Å². The van der Waals surface area contributed by atoms with Crippen LogP contribution in [0.4, 0.5) is 11.4 Å².